The smallest absolute Gasteiger partial charge is 0.449 e. The maximum atomic E-state index is 10.5. The Morgan fingerprint density at radius 2 is 2.06 bits per heavy atom. The van der Waals surface area contributed by atoms with Gasteiger partial charge < -0.3 is 15.6 Å². The summed E-state index contributed by atoms with van der Waals surface area (Å²) in [5, 5.41) is 19.9. The molecule has 0 aliphatic heterocycles. The number of nitrogen functional groups attached to an aromatic ring is 1. The molecule has 0 aliphatic carbocycles. The van der Waals surface area contributed by atoms with Crippen LogP contribution in [-0.2, 0) is 0 Å². The van der Waals surface area contributed by atoms with Gasteiger partial charge in [-0.3, -0.25) is 0 Å². The maximum Gasteiger partial charge on any atom is 0.512 e. The summed E-state index contributed by atoms with van der Waals surface area (Å²) in [7, 11) is 0. The van der Waals surface area contributed by atoms with Gasteiger partial charge in [-0.15, -0.1) is 15.3 Å². The number of hydrogen-bond donors (Lipinski definition) is 2. The number of hydrogen-bond acceptors (Lipinski definition) is 6. The van der Waals surface area contributed by atoms with E-state index in [4.69, 9.17) is 10.8 Å². The van der Waals surface area contributed by atoms with Crippen molar-refractivity contribution in [2.24, 2.45) is 0 Å². The second-order valence-electron chi connectivity index (χ2n) is 3.22. The first kappa shape index (κ1) is 10.1. The predicted molar refractivity (Wildman–Crippen MR) is 53.3 cm³/mol. The van der Waals surface area contributed by atoms with Gasteiger partial charge >= 0.3 is 6.16 Å². The van der Waals surface area contributed by atoms with E-state index in [1.54, 1.807) is 13.8 Å². The number of fused-ring (bicyclic) bond motifs is 1. The zero-order chi connectivity index (χ0) is 11.9. The van der Waals surface area contributed by atoms with Crippen LogP contribution in [0.5, 0.6) is 5.88 Å². The number of anilines is 1. The van der Waals surface area contributed by atoms with E-state index in [0.717, 1.165) is 5.56 Å². The highest BCUT2D eigenvalue weighted by molar-refractivity contribution is 5.63. The topological polar surface area (TPSA) is 116 Å². The van der Waals surface area contributed by atoms with Crippen molar-refractivity contribution < 1.29 is 14.6 Å². The van der Waals surface area contributed by atoms with Crippen LogP contribution in [0.25, 0.3) is 5.65 Å². The van der Waals surface area contributed by atoms with E-state index in [1.807, 2.05) is 0 Å². The Hall–Kier alpha value is -2.38. The van der Waals surface area contributed by atoms with Crippen molar-refractivity contribution >= 4 is 17.8 Å². The Morgan fingerprint density at radius 1 is 1.38 bits per heavy atom. The van der Waals surface area contributed by atoms with E-state index >= 15 is 0 Å². The Bertz CT molecular complexity index is 577. The molecule has 0 atom stereocenters. The molecule has 0 aromatic carbocycles. The monoisotopic (exact) mass is 223 g/mol. The molecular formula is C8H9N5O3. The molecule has 8 heteroatoms. The highest BCUT2D eigenvalue weighted by atomic mass is 16.7. The summed E-state index contributed by atoms with van der Waals surface area (Å²) in [6.45, 7) is 3.45. The molecule has 0 unspecified atom stereocenters. The molecule has 0 aliphatic rings. The molecule has 16 heavy (non-hydrogen) atoms. The van der Waals surface area contributed by atoms with E-state index in [9.17, 15) is 4.79 Å². The summed E-state index contributed by atoms with van der Waals surface area (Å²) in [5.74, 6) is 0.0531. The summed E-state index contributed by atoms with van der Waals surface area (Å²) in [6, 6.07) is 0. The summed E-state index contributed by atoms with van der Waals surface area (Å²) in [4.78, 5) is 10.5. The molecule has 0 saturated heterocycles. The molecule has 0 fully saturated rings. The molecule has 0 amide bonds. The van der Waals surface area contributed by atoms with Crippen LogP contribution in [0.2, 0.25) is 0 Å². The average Bonchev–Trinajstić information content (AvgIpc) is 2.56. The number of aryl methyl sites for hydroxylation is 1. The molecule has 2 aromatic heterocycles. The largest absolute Gasteiger partial charge is 0.512 e. The first-order valence-corrected chi connectivity index (χ1v) is 4.39. The Balaban J connectivity index is 2.70. The minimum atomic E-state index is -1.43. The molecule has 3 N–H and O–H groups in total. The van der Waals surface area contributed by atoms with Crippen molar-refractivity contribution in [2.75, 3.05) is 5.73 Å². The van der Waals surface area contributed by atoms with Gasteiger partial charge in [-0.05, 0) is 13.8 Å². The lowest BCUT2D eigenvalue weighted by Crippen LogP contribution is -2.10. The van der Waals surface area contributed by atoms with E-state index < -0.39 is 6.16 Å². The van der Waals surface area contributed by atoms with Gasteiger partial charge in [-0.2, -0.15) is 4.52 Å². The van der Waals surface area contributed by atoms with Gasteiger partial charge in [0, 0.05) is 11.1 Å². The summed E-state index contributed by atoms with van der Waals surface area (Å²) in [5.41, 5.74) is 7.30. The number of aromatic nitrogens is 4. The van der Waals surface area contributed by atoms with E-state index in [0.29, 0.717) is 11.2 Å². The van der Waals surface area contributed by atoms with Crippen molar-refractivity contribution in [3.63, 3.8) is 0 Å². The van der Waals surface area contributed by atoms with Crippen molar-refractivity contribution in [2.45, 2.75) is 13.8 Å². The third-order valence-corrected chi connectivity index (χ3v) is 2.26. The lowest BCUT2D eigenvalue weighted by Gasteiger charge is -2.06. The van der Waals surface area contributed by atoms with Crippen molar-refractivity contribution in [1.82, 2.24) is 19.8 Å². The van der Waals surface area contributed by atoms with Gasteiger partial charge in [-0.25, -0.2) is 4.79 Å². The van der Waals surface area contributed by atoms with Gasteiger partial charge in [0.05, 0.1) is 0 Å². The molecule has 2 aromatic rings. The molecule has 0 saturated carbocycles. The van der Waals surface area contributed by atoms with Crippen LogP contribution in [0, 0.1) is 13.8 Å². The van der Waals surface area contributed by atoms with E-state index in [2.05, 4.69) is 20.0 Å². The van der Waals surface area contributed by atoms with E-state index in [1.165, 1.54) is 4.52 Å². The molecule has 0 bridgehead atoms. The van der Waals surface area contributed by atoms with Gasteiger partial charge in [0.2, 0.25) is 11.8 Å². The lowest BCUT2D eigenvalue weighted by molar-refractivity contribution is 0.141. The first-order chi connectivity index (χ1) is 7.50. The maximum absolute atomic E-state index is 10.5. The third kappa shape index (κ3) is 1.40. The van der Waals surface area contributed by atoms with Crippen LogP contribution in [0.4, 0.5) is 10.7 Å². The van der Waals surface area contributed by atoms with Crippen LogP contribution in [0.1, 0.15) is 11.1 Å². The Kier molecular flexibility index (Phi) is 2.11. The van der Waals surface area contributed by atoms with Crippen LogP contribution in [0.15, 0.2) is 0 Å². The third-order valence-electron chi connectivity index (χ3n) is 2.26. The highest BCUT2D eigenvalue weighted by Gasteiger charge is 2.15. The van der Waals surface area contributed by atoms with Gasteiger partial charge in [0.25, 0.3) is 0 Å². The van der Waals surface area contributed by atoms with E-state index in [-0.39, 0.29) is 11.8 Å². The SMILES string of the molecule is Cc1c(OC(=O)O)nn2c(N)nnc2c1C. The lowest BCUT2D eigenvalue weighted by atomic mass is 10.2. The Labute approximate surface area is 89.6 Å². The number of nitrogens with zero attached hydrogens (tertiary/aromatic N) is 4. The number of carbonyl (C=O) groups is 1. The second-order valence-corrected chi connectivity index (χ2v) is 3.22. The number of nitrogens with two attached hydrogens (primary N) is 1. The summed E-state index contributed by atoms with van der Waals surface area (Å²) >= 11 is 0. The number of ether oxygens (including phenoxy) is 1. The van der Waals surface area contributed by atoms with Crippen LogP contribution in [0.3, 0.4) is 0 Å². The standard InChI is InChI=1S/C8H9N5O3/c1-3-4(2)6(16-8(14)15)12-13-5(3)10-11-7(13)9/h1-2H3,(H2,9,11)(H,14,15). The predicted octanol–water partition coefficient (Wildman–Crippen LogP) is 0.380. The normalized spacial score (nSPS) is 10.6. The zero-order valence-electron chi connectivity index (χ0n) is 8.63. The van der Waals surface area contributed by atoms with Gasteiger partial charge in [-0.1, -0.05) is 0 Å². The average molecular weight is 223 g/mol. The van der Waals surface area contributed by atoms with Crippen molar-refractivity contribution in [3.05, 3.63) is 11.1 Å². The zero-order valence-corrected chi connectivity index (χ0v) is 8.63. The summed E-state index contributed by atoms with van der Waals surface area (Å²) < 4.78 is 5.77. The van der Waals surface area contributed by atoms with Crippen LogP contribution >= 0.6 is 0 Å². The molecular weight excluding hydrogens is 214 g/mol. The highest BCUT2D eigenvalue weighted by Crippen LogP contribution is 2.22. The minimum Gasteiger partial charge on any atom is -0.449 e. The second kappa shape index (κ2) is 3.33. The molecule has 84 valence electrons. The van der Waals surface area contributed by atoms with Crippen LogP contribution in [-0.4, -0.2) is 31.1 Å². The van der Waals surface area contributed by atoms with Crippen LogP contribution < -0.4 is 10.5 Å². The fraction of sp³-hybridized carbons (Fsp3) is 0.250. The summed E-state index contributed by atoms with van der Waals surface area (Å²) in [6.07, 6.45) is -1.43. The number of rotatable bonds is 1. The number of carboxylic acid groups (broad SMARTS) is 1. The molecule has 0 radical (unpaired) electrons. The molecule has 8 nitrogen and oxygen atoms in total. The Morgan fingerprint density at radius 3 is 2.69 bits per heavy atom. The fourth-order valence-electron chi connectivity index (χ4n) is 1.30. The van der Waals surface area contributed by atoms with Crippen molar-refractivity contribution in [3.8, 4) is 5.88 Å². The van der Waals surface area contributed by atoms with Gasteiger partial charge in [0.15, 0.2) is 5.65 Å². The first-order valence-electron chi connectivity index (χ1n) is 4.39. The molecule has 2 rings (SSSR count). The molecule has 2 heterocycles. The van der Waals surface area contributed by atoms with Crippen molar-refractivity contribution in [1.29, 1.82) is 0 Å². The minimum absolute atomic E-state index is 0.0241. The molecule has 0 spiro atoms. The quantitative estimate of drug-likeness (QED) is 0.671. The fourth-order valence-corrected chi connectivity index (χ4v) is 1.30. The van der Waals surface area contributed by atoms with Gasteiger partial charge in [0.1, 0.15) is 0 Å².